The summed E-state index contributed by atoms with van der Waals surface area (Å²) in [5, 5.41) is 7.38. The fourth-order valence-electron chi connectivity index (χ4n) is 1.81. The first-order chi connectivity index (χ1) is 7.79. The second-order valence-electron chi connectivity index (χ2n) is 4.00. The number of ether oxygens (including phenoxy) is 1. The van der Waals surface area contributed by atoms with Crippen molar-refractivity contribution in [3.63, 3.8) is 0 Å². The molecule has 0 bridgehead atoms. The first kappa shape index (κ1) is 9.33. The number of pyridine rings is 1. The largest absolute Gasteiger partial charge is 0.464 e. The Kier molecular flexibility index (Phi) is 1.92. The summed E-state index contributed by atoms with van der Waals surface area (Å²) in [5.74, 6) is 0.203. The van der Waals surface area contributed by atoms with Gasteiger partial charge in [-0.3, -0.25) is 5.10 Å². The summed E-state index contributed by atoms with van der Waals surface area (Å²) in [4.78, 5) is 15.7. The Balaban J connectivity index is 2.14. The van der Waals surface area contributed by atoms with Crippen LogP contribution in [0.2, 0.25) is 0 Å². The zero-order valence-electron chi connectivity index (χ0n) is 8.86. The number of H-pyrrole nitrogens is 1. The molecule has 0 amide bonds. The van der Waals surface area contributed by atoms with E-state index in [0.717, 1.165) is 5.39 Å². The van der Waals surface area contributed by atoms with Crippen molar-refractivity contribution in [1.82, 2.24) is 15.2 Å². The zero-order chi connectivity index (χ0) is 11.1. The standard InChI is InChI=1S/C11H11N3O2/c1-16-11(15)9-8-4-7(6-2-3-6)5-12-10(8)14-13-9/h4-6H,2-3H2,1H3,(H,12,13,14). The molecular weight excluding hydrogens is 206 g/mol. The van der Waals surface area contributed by atoms with Crippen LogP contribution in [0.15, 0.2) is 12.3 Å². The van der Waals surface area contributed by atoms with E-state index in [4.69, 9.17) is 0 Å². The van der Waals surface area contributed by atoms with Crippen molar-refractivity contribution in [2.24, 2.45) is 0 Å². The van der Waals surface area contributed by atoms with Gasteiger partial charge in [0.15, 0.2) is 11.3 Å². The highest BCUT2D eigenvalue weighted by Crippen LogP contribution is 2.40. The van der Waals surface area contributed by atoms with Crippen LogP contribution in [-0.4, -0.2) is 28.3 Å². The molecule has 16 heavy (non-hydrogen) atoms. The lowest BCUT2D eigenvalue weighted by molar-refractivity contribution is 0.0596. The summed E-state index contributed by atoms with van der Waals surface area (Å²) in [7, 11) is 1.35. The van der Waals surface area contributed by atoms with Gasteiger partial charge in [-0.25, -0.2) is 9.78 Å². The van der Waals surface area contributed by atoms with Crippen molar-refractivity contribution in [2.75, 3.05) is 7.11 Å². The molecule has 0 atom stereocenters. The minimum atomic E-state index is -0.405. The van der Waals surface area contributed by atoms with E-state index in [1.54, 1.807) is 0 Å². The minimum absolute atomic E-state index is 0.382. The van der Waals surface area contributed by atoms with E-state index in [-0.39, 0.29) is 0 Å². The highest BCUT2D eigenvalue weighted by atomic mass is 16.5. The molecule has 1 aliphatic rings. The van der Waals surface area contributed by atoms with Gasteiger partial charge in [0.1, 0.15) is 0 Å². The predicted molar refractivity (Wildman–Crippen MR) is 57.2 cm³/mol. The molecule has 5 nitrogen and oxygen atoms in total. The second-order valence-corrected chi connectivity index (χ2v) is 4.00. The fraction of sp³-hybridized carbons (Fsp3) is 0.364. The van der Waals surface area contributed by atoms with Crippen LogP contribution in [0.5, 0.6) is 0 Å². The third-order valence-corrected chi connectivity index (χ3v) is 2.87. The van der Waals surface area contributed by atoms with Crippen LogP contribution in [-0.2, 0) is 4.74 Å². The van der Waals surface area contributed by atoms with E-state index < -0.39 is 5.97 Å². The van der Waals surface area contributed by atoms with Crippen LogP contribution < -0.4 is 0 Å². The molecule has 0 unspecified atom stereocenters. The molecule has 0 aliphatic heterocycles. The number of nitrogens with one attached hydrogen (secondary N) is 1. The molecule has 5 heteroatoms. The smallest absolute Gasteiger partial charge is 0.356 e. The molecule has 2 aromatic heterocycles. The zero-order valence-corrected chi connectivity index (χ0v) is 8.86. The number of aromatic nitrogens is 3. The third-order valence-electron chi connectivity index (χ3n) is 2.87. The van der Waals surface area contributed by atoms with Crippen LogP contribution in [0.1, 0.15) is 34.8 Å². The second kappa shape index (κ2) is 3.30. The number of carbonyl (C=O) groups is 1. The molecule has 2 heterocycles. The Labute approximate surface area is 91.8 Å². The quantitative estimate of drug-likeness (QED) is 0.776. The number of methoxy groups -OCH3 is 1. The molecule has 2 aromatic rings. The molecule has 0 spiro atoms. The number of carbonyl (C=O) groups excluding carboxylic acids is 1. The van der Waals surface area contributed by atoms with Crippen LogP contribution in [0.4, 0.5) is 0 Å². The summed E-state index contributed by atoms with van der Waals surface area (Å²) in [6, 6.07) is 1.98. The van der Waals surface area contributed by atoms with Crippen molar-refractivity contribution < 1.29 is 9.53 Å². The Morgan fingerprint density at radius 3 is 3.06 bits per heavy atom. The minimum Gasteiger partial charge on any atom is -0.464 e. The summed E-state index contributed by atoms with van der Waals surface area (Å²) in [6.07, 6.45) is 4.25. The lowest BCUT2D eigenvalue weighted by Crippen LogP contribution is -2.02. The van der Waals surface area contributed by atoms with Gasteiger partial charge in [0.2, 0.25) is 0 Å². The number of hydrogen-bond donors (Lipinski definition) is 1. The maximum atomic E-state index is 11.5. The number of fused-ring (bicyclic) bond motifs is 1. The lowest BCUT2D eigenvalue weighted by atomic mass is 10.1. The van der Waals surface area contributed by atoms with Crippen LogP contribution in [0, 0.1) is 0 Å². The van der Waals surface area contributed by atoms with Crippen LogP contribution >= 0.6 is 0 Å². The van der Waals surface area contributed by atoms with Gasteiger partial charge in [0, 0.05) is 6.20 Å². The molecule has 0 aromatic carbocycles. The molecule has 0 radical (unpaired) electrons. The summed E-state index contributed by atoms with van der Waals surface area (Å²) >= 11 is 0. The highest BCUT2D eigenvalue weighted by Gasteiger charge is 2.25. The summed E-state index contributed by atoms with van der Waals surface area (Å²) in [6.45, 7) is 0. The average molecular weight is 217 g/mol. The van der Waals surface area contributed by atoms with Gasteiger partial charge in [0.05, 0.1) is 12.5 Å². The SMILES string of the molecule is COC(=O)c1[nH]nc2ncc(C3CC3)cc12. The van der Waals surface area contributed by atoms with E-state index >= 15 is 0 Å². The summed E-state index contributed by atoms with van der Waals surface area (Å²) in [5.41, 5.74) is 2.12. The molecule has 3 rings (SSSR count). The van der Waals surface area contributed by atoms with Gasteiger partial charge in [-0.1, -0.05) is 0 Å². The van der Waals surface area contributed by atoms with Gasteiger partial charge in [0.25, 0.3) is 0 Å². The van der Waals surface area contributed by atoms with Gasteiger partial charge < -0.3 is 4.74 Å². The van der Waals surface area contributed by atoms with Gasteiger partial charge in [-0.05, 0) is 30.4 Å². The molecule has 1 N–H and O–H groups in total. The molecule has 1 saturated carbocycles. The van der Waals surface area contributed by atoms with Gasteiger partial charge >= 0.3 is 5.97 Å². The molecule has 1 fully saturated rings. The van der Waals surface area contributed by atoms with Crippen LogP contribution in [0.3, 0.4) is 0 Å². The van der Waals surface area contributed by atoms with Crippen LogP contribution in [0.25, 0.3) is 11.0 Å². The fourth-order valence-corrected chi connectivity index (χ4v) is 1.81. The number of esters is 1. The molecule has 82 valence electrons. The maximum Gasteiger partial charge on any atom is 0.356 e. The Hall–Kier alpha value is -1.91. The number of nitrogens with zero attached hydrogens (tertiary/aromatic N) is 2. The number of aromatic amines is 1. The van der Waals surface area contributed by atoms with E-state index in [1.807, 2.05) is 12.3 Å². The Morgan fingerprint density at radius 1 is 1.56 bits per heavy atom. The van der Waals surface area contributed by atoms with E-state index in [0.29, 0.717) is 17.3 Å². The van der Waals surface area contributed by atoms with Crippen molar-refractivity contribution in [3.05, 3.63) is 23.5 Å². The topological polar surface area (TPSA) is 67.9 Å². The highest BCUT2D eigenvalue weighted by molar-refractivity contribution is 6.00. The first-order valence-corrected chi connectivity index (χ1v) is 5.22. The third kappa shape index (κ3) is 1.36. The van der Waals surface area contributed by atoms with Crippen molar-refractivity contribution in [1.29, 1.82) is 0 Å². The first-order valence-electron chi connectivity index (χ1n) is 5.22. The van der Waals surface area contributed by atoms with Gasteiger partial charge in [-0.2, -0.15) is 5.10 Å². The molecule has 1 aliphatic carbocycles. The maximum absolute atomic E-state index is 11.5. The monoisotopic (exact) mass is 217 g/mol. The predicted octanol–water partition coefficient (Wildman–Crippen LogP) is 1.62. The van der Waals surface area contributed by atoms with Crippen molar-refractivity contribution >= 4 is 17.0 Å². The van der Waals surface area contributed by atoms with E-state index in [2.05, 4.69) is 19.9 Å². The van der Waals surface area contributed by atoms with Crippen molar-refractivity contribution in [3.8, 4) is 0 Å². The molecule has 0 saturated heterocycles. The molecular formula is C11H11N3O2. The van der Waals surface area contributed by atoms with E-state index in [9.17, 15) is 4.79 Å². The summed E-state index contributed by atoms with van der Waals surface area (Å²) < 4.78 is 4.68. The average Bonchev–Trinajstić information content (AvgIpc) is 3.08. The number of hydrogen-bond acceptors (Lipinski definition) is 4. The Morgan fingerprint density at radius 2 is 2.38 bits per heavy atom. The number of rotatable bonds is 2. The normalized spacial score (nSPS) is 15.3. The van der Waals surface area contributed by atoms with E-state index in [1.165, 1.54) is 25.5 Å². The Bertz CT molecular complexity index is 557. The van der Waals surface area contributed by atoms with Crippen molar-refractivity contribution in [2.45, 2.75) is 18.8 Å². The van der Waals surface area contributed by atoms with Gasteiger partial charge in [-0.15, -0.1) is 0 Å². The lowest BCUT2D eigenvalue weighted by Gasteiger charge is -1.98.